The van der Waals surface area contributed by atoms with Crippen molar-refractivity contribution in [2.24, 2.45) is 7.05 Å². The van der Waals surface area contributed by atoms with Gasteiger partial charge in [0, 0.05) is 24.1 Å². The summed E-state index contributed by atoms with van der Waals surface area (Å²) >= 11 is 5.84. The molecule has 2 nitrogen and oxygen atoms in total. The van der Waals surface area contributed by atoms with E-state index in [0.29, 0.717) is 5.52 Å². The summed E-state index contributed by atoms with van der Waals surface area (Å²) in [5.74, 6) is -1.88. The van der Waals surface area contributed by atoms with Gasteiger partial charge in [-0.15, -0.1) is 0 Å². The lowest BCUT2D eigenvalue weighted by atomic mass is 10.1. The molecule has 0 radical (unpaired) electrons. The van der Waals surface area contributed by atoms with Crippen molar-refractivity contribution in [1.82, 2.24) is 4.57 Å². The van der Waals surface area contributed by atoms with Crippen molar-refractivity contribution in [3.8, 4) is 0 Å². The molecule has 0 bridgehead atoms. The molecule has 17 heavy (non-hydrogen) atoms. The molecule has 0 aliphatic heterocycles. The number of aromatic nitrogens is 1. The van der Waals surface area contributed by atoms with Gasteiger partial charge in [0.2, 0.25) is 0 Å². The molecule has 0 atom stereocenters. The Kier molecular flexibility index (Phi) is 2.66. The molecule has 0 aliphatic rings. The SMILES string of the molecule is Cn1cc(C(=O)C(F)(F)F)c2c(Cl)cccc21. The van der Waals surface area contributed by atoms with Crippen molar-refractivity contribution in [1.29, 1.82) is 0 Å². The van der Waals surface area contributed by atoms with E-state index >= 15 is 0 Å². The number of hydrogen-bond acceptors (Lipinski definition) is 1. The first-order valence-electron chi connectivity index (χ1n) is 4.67. The fourth-order valence-corrected chi connectivity index (χ4v) is 2.00. The minimum absolute atomic E-state index is 0.135. The summed E-state index contributed by atoms with van der Waals surface area (Å²) in [5, 5.41) is 0.273. The highest BCUT2D eigenvalue weighted by molar-refractivity contribution is 6.37. The van der Waals surface area contributed by atoms with Gasteiger partial charge in [-0.3, -0.25) is 4.79 Å². The number of carbonyl (C=O) groups is 1. The first-order valence-corrected chi connectivity index (χ1v) is 5.05. The summed E-state index contributed by atoms with van der Waals surface area (Å²) in [6.07, 6.45) is -3.75. The number of alkyl halides is 3. The van der Waals surface area contributed by atoms with E-state index in [4.69, 9.17) is 11.6 Å². The van der Waals surface area contributed by atoms with E-state index in [0.717, 1.165) is 6.20 Å². The molecule has 0 fully saturated rings. The Labute approximate surface area is 99.6 Å². The molecule has 0 spiro atoms. The van der Waals surface area contributed by atoms with Crippen molar-refractivity contribution in [3.63, 3.8) is 0 Å². The highest BCUT2D eigenvalue weighted by Gasteiger charge is 2.41. The third-order valence-corrected chi connectivity index (χ3v) is 2.78. The van der Waals surface area contributed by atoms with E-state index in [-0.39, 0.29) is 10.4 Å². The molecule has 0 unspecified atom stereocenters. The van der Waals surface area contributed by atoms with Gasteiger partial charge in [-0.05, 0) is 12.1 Å². The number of Topliss-reactive ketones (excluding diaryl/α,β-unsaturated/α-hetero) is 1. The van der Waals surface area contributed by atoms with Crippen LogP contribution in [0.15, 0.2) is 24.4 Å². The van der Waals surface area contributed by atoms with Gasteiger partial charge in [-0.2, -0.15) is 13.2 Å². The predicted molar refractivity (Wildman–Crippen MR) is 58.3 cm³/mol. The third-order valence-electron chi connectivity index (χ3n) is 2.47. The monoisotopic (exact) mass is 261 g/mol. The topological polar surface area (TPSA) is 22.0 Å². The van der Waals surface area contributed by atoms with Crippen LogP contribution in [0.3, 0.4) is 0 Å². The second-order valence-electron chi connectivity index (χ2n) is 3.61. The number of carbonyl (C=O) groups excluding carboxylic acids is 1. The van der Waals surface area contributed by atoms with Crippen LogP contribution in [0, 0.1) is 0 Å². The maximum atomic E-state index is 12.4. The summed E-state index contributed by atoms with van der Waals surface area (Å²) in [5.41, 5.74) is 0.0747. The van der Waals surface area contributed by atoms with Gasteiger partial charge >= 0.3 is 6.18 Å². The zero-order chi connectivity index (χ0) is 12.8. The van der Waals surface area contributed by atoms with Crippen LogP contribution in [0.1, 0.15) is 10.4 Å². The van der Waals surface area contributed by atoms with Crippen LogP contribution in [-0.4, -0.2) is 16.5 Å². The average Bonchev–Trinajstić information content (AvgIpc) is 2.55. The Morgan fingerprint density at radius 1 is 1.35 bits per heavy atom. The maximum Gasteiger partial charge on any atom is 0.454 e. The van der Waals surface area contributed by atoms with Gasteiger partial charge in [0.1, 0.15) is 0 Å². The number of aryl methyl sites for hydroxylation is 1. The van der Waals surface area contributed by atoms with Crippen molar-refractivity contribution in [2.45, 2.75) is 6.18 Å². The van der Waals surface area contributed by atoms with E-state index in [9.17, 15) is 18.0 Å². The first kappa shape index (κ1) is 12.0. The first-order chi connectivity index (χ1) is 7.82. The molecule has 0 saturated heterocycles. The van der Waals surface area contributed by atoms with Crippen LogP contribution >= 0.6 is 11.6 Å². The molecule has 1 aromatic carbocycles. The van der Waals surface area contributed by atoms with Crippen LogP contribution in [-0.2, 0) is 7.05 Å². The fourth-order valence-electron chi connectivity index (χ4n) is 1.73. The van der Waals surface area contributed by atoms with Crippen molar-refractivity contribution >= 4 is 28.3 Å². The summed E-state index contributed by atoms with van der Waals surface area (Å²) in [6, 6.07) is 4.68. The number of rotatable bonds is 1. The zero-order valence-electron chi connectivity index (χ0n) is 8.68. The Hall–Kier alpha value is -1.49. The molecule has 0 aliphatic carbocycles. The average molecular weight is 262 g/mol. The third kappa shape index (κ3) is 1.91. The zero-order valence-corrected chi connectivity index (χ0v) is 9.43. The van der Waals surface area contributed by atoms with E-state index in [1.165, 1.54) is 10.6 Å². The molecular weight excluding hydrogens is 255 g/mol. The van der Waals surface area contributed by atoms with E-state index in [2.05, 4.69) is 0 Å². The summed E-state index contributed by atoms with van der Waals surface area (Å²) < 4.78 is 38.7. The van der Waals surface area contributed by atoms with Crippen molar-refractivity contribution < 1.29 is 18.0 Å². The molecule has 0 amide bonds. The number of halogens is 4. The number of nitrogens with zero attached hydrogens (tertiary/aromatic N) is 1. The number of ketones is 1. The summed E-state index contributed by atoms with van der Waals surface area (Å²) in [4.78, 5) is 11.2. The lowest BCUT2D eigenvalue weighted by molar-refractivity contribution is -0.0884. The van der Waals surface area contributed by atoms with Crippen LogP contribution in [0.4, 0.5) is 13.2 Å². The van der Waals surface area contributed by atoms with Crippen LogP contribution in [0.2, 0.25) is 5.02 Å². The van der Waals surface area contributed by atoms with Crippen LogP contribution < -0.4 is 0 Å². The highest BCUT2D eigenvalue weighted by Crippen LogP contribution is 2.32. The number of hydrogen-bond donors (Lipinski definition) is 0. The molecule has 6 heteroatoms. The molecule has 90 valence electrons. The minimum Gasteiger partial charge on any atom is -0.350 e. The normalized spacial score (nSPS) is 12.1. The van der Waals surface area contributed by atoms with Gasteiger partial charge in [-0.1, -0.05) is 17.7 Å². The molecule has 1 heterocycles. The quantitative estimate of drug-likeness (QED) is 0.719. The van der Waals surface area contributed by atoms with Gasteiger partial charge < -0.3 is 4.57 Å². The summed E-state index contributed by atoms with van der Waals surface area (Å²) in [7, 11) is 1.56. The minimum atomic E-state index is -4.90. The molecule has 0 N–H and O–H groups in total. The number of fused-ring (bicyclic) bond motifs is 1. The lowest BCUT2D eigenvalue weighted by Gasteiger charge is -2.04. The van der Waals surface area contributed by atoms with E-state index in [1.54, 1.807) is 19.2 Å². The Morgan fingerprint density at radius 3 is 2.59 bits per heavy atom. The van der Waals surface area contributed by atoms with Gasteiger partial charge in [-0.25, -0.2) is 0 Å². The molecule has 0 saturated carbocycles. The van der Waals surface area contributed by atoms with Crippen LogP contribution in [0.5, 0.6) is 0 Å². The molecule has 2 aromatic rings. The highest BCUT2D eigenvalue weighted by atomic mass is 35.5. The maximum absolute atomic E-state index is 12.4. The Bertz CT molecular complexity index is 601. The molecule has 2 rings (SSSR count). The Balaban J connectivity index is 2.76. The second kappa shape index (κ2) is 3.77. The van der Waals surface area contributed by atoms with E-state index in [1.807, 2.05) is 0 Å². The summed E-state index contributed by atoms with van der Waals surface area (Å²) in [6.45, 7) is 0. The fraction of sp³-hybridized carbons (Fsp3) is 0.182. The van der Waals surface area contributed by atoms with Crippen LogP contribution in [0.25, 0.3) is 10.9 Å². The predicted octanol–water partition coefficient (Wildman–Crippen LogP) is 3.58. The smallest absolute Gasteiger partial charge is 0.350 e. The van der Waals surface area contributed by atoms with Gasteiger partial charge in [0.05, 0.1) is 10.6 Å². The van der Waals surface area contributed by atoms with Gasteiger partial charge in [0.15, 0.2) is 0 Å². The Morgan fingerprint density at radius 2 is 2.00 bits per heavy atom. The standard InChI is InChI=1S/C11H7ClF3NO/c1-16-5-6(10(17)11(13,14)15)9-7(12)3-2-4-8(9)16/h2-5H,1H3. The molecule has 1 aromatic heterocycles. The van der Waals surface area contributed by atoms with E-state index < -0.39 is 17.5 Å². The van der Waals surface area contributed by atoms with Crippen molar-refractivity contribution in [2.75, 3.05) is 0 Å². The molecular formula is C11H7ClF3NO. The number of benzene rings is 1. The lowest BCUT2D eigenvalue weighted by Crippen LogP contribution is -2.22. The van der Waals surface area contributed by atoms with Crippen molar-refractivity contribution in [3.05, 3.63) is 35.0 Å². The van der Waals surface area contributed by atoms with Gasteiger partial charge in [0.25, 0.3) is 5.78 Å². The largest absolute Gasteiger partial charge is 0.454 e. The second-order valence-corrected chi connectivity index (χ2v) is 4.02.